The summed E-state index contributed by atoms with van der Waals surface area (Å²) in [6.07, 6.45) is 0. The minimum Gasteiger partial charge on any atom is -0.357 e. The molecule has 0 aliphatic heterocycles. The molecular formula is C22H23N5O. The van der Waals surface area contributed by atoms with Gasteiger partial charge in [-0.2, -0.15) is 0 Å². The van der Waals surface area contributed by atoms with Crippen LogP contribution in [0.5, 0.6) is 0 Å². The summed E-state index contributed by atoms with van der Waals surface area (Å²) in [6.45, 7) is 6.52. The van der Waals surface area contributed by atoms with Crippen LogP contribution in [0, 0.1) is 6.92 Å². The van der Waals surface area contributed by atoms with Crippen LogP contribution in [0.25, 0.3) is 16.6 Å². The van der Waals surface area contributed by atoms with Crippen molar-refractivity contribution in [1.29, 1.82) is 0 Å². The largest absolute Gasteiger partial charge is 0.357 e. The maximum atomic E-state index is 12.8. The highest BCUT2D eigenvalue weighted by atomic mass is 16.2. The molecule has 1 amide bonds. The average molecular weight is 373 g/mol. The lowest BCUT2D eigenvalue weighted by Crippen LogP contribution is -2.25. The summed E-state index contributed by atoms with van der Waals surface area (Å²) in [4.78, 5) is 16.1. The molecule has 0 fully saturated rings. The normalized spacial score (nSPS) is 11.3. The van der Waals surface area contributed by atoms with E-state index in [1.165, 1.54) is 5.56 Å². The summed E-state index contributed by atoms with van der Waals surface area (Å²) in [5.74, 6) is -0.120. The number of benzene rings is 2. The molecule has 0 aliphatic carbocycles. The highest BCUT2D eigenvalue weighted by molar-refractivity contribution is 5.93. The number of carbonyl (C=O) groups excluding carboxylic acids is 1. The third kappa shape index (κ3) is 3.41. The van der Waals surface area contributed by atoms with Gasteiger partial charge in [-0.1, -0.05) is 55.0 Å². The van der Waals surface area contributed by atoms with Crippen LogP contribution in [0.3, 0.4) is 0 Å². The second-order valence-corrected chi connectivity index (χ2v) is 7.29. The van der Waals surface area contributed by atoms with Gasteiger partial charge in [0.15, 0.2) is 5.69 Å². The Labute approximate surface area is 163 Å². The van der Waals surface area contributed by atoms with E-state index < -0.39 is 0 Å². The molecule has 6 heteroatoms. The van der Waals surface area contributed by atoms with Gasteiger partial charge in [0, 0.05) is 11.2 Å². The van der Waals surface area contributed by atoms with Crippen LogP contribution in [0.1, 0.15) is 47.2 Å². The Hall–Kier alpha value is -3.41. The van der Waals surface area contributed by atoms with Crippen molar-refractivity contribution in [2.45, 2.75) is 33.2 Å². The molecule has 0 aliphatic rings. The van der Waals surface area contributed by atoms with Gasteiger partial charge >= 0.3 is 0 Å². The van der Waals surface area contributed by atoms with Gasteiger partial charge in [-0.05, 0) is 42.5 Å². The molecule has 0 spiro atoms. The number of aromatic nitrogens is 4. The maximum Gasteiger partial charge on any atom is 0.274 e. The van der Waals surface area contributed by atoms with Crippen LogP contribution in [-0.4, -0.2) is 25.9 Å². The van der Waals surface area contributed by atoms with Crippen molar-refractivity contribution in [2.24, 2.45) is 0 Å². The topological polar surface area (TPSA) is 75.6 Å². The van der Waals surface area contributed by atoms with E-state index in [4.69, 9.17) is 0 Å². The van der Waals surface area contributed by atoms with Gasteiger partial charge < -0.3 is 10.3 Å². The van der Waals surface area contributed by atoms with Crippen molar-refractivity contribution in [3.63, 3.8) is 0 Å². The molecule has 0 saturated carbocycles. The summed E-state index contributed by atoms with van der Waals surface area (Å²) in [5, 5.41) is 12.5. The second kappa shape index (κ2) is 7.31. The van der Waals surface area contributed by atoms with Crippen molar-refractivity contribution in [3.05, 3.63) is 77.2 Å². The Morgan fingerprint density at radius 3 is 2.61 bits per heavy atom. The summed E-state index contributed by atoms with van der Waals surface area (Å²) in [7, 11) is 0. The predicted molar refractivity (Wildman–Crippen MR) is 110 cm³/mol. The zero-order valence-electron chi connectivity index (χ0n) is 16.2. The molecule has 0 radical (unpaired) electrons. The van der Waals surface area contributed by atoms with Crippen LogP contribution < -0.4 is 5.32 Å². The zero-order chi connectivity index (χ0) is 19.7. The van der Waals surface area contributed by atoms with E-state index in [0.717, 1.165) is 28.0 Å². The zero-order valence-corrected chi connectivity index (χ0v) is 16.2. The number of aromatic amines is 1. The molecule has 0 saturated heterocycles. The van der Waals surface area contributed by atoms with Crippen LogP contribution in [-0.2, 0) is 6.54 Å². The molecule has 2 heterocycles. The molecule has 4 aromatic rings. The van der Waals surface area contributed by atoms with Crippen LogP contribution in [0.2, 0.25) is 0 Å². The van der Waals surface area contributed by atoms with Crippen molar-refractivity contribution in [2.75, 3.05) is 0 Å². The first-order chi connectivity index (χ1) is 13.5. The monoisotopic (exact) mass is 373 g/mol. The maximum absolute atomic E-state index is 12.8. The summed E-state index contributed by atoms with van der Waals surface area (Å²) in [6, 6.07) is 18.1. The van der Waals surface area contributed by atoms with Crippen LogP contribution >= 0.6 is 0 Å². The van der Waals surface area contributed by atoms with Gasteiger partial charge in [0.25, 0.3) is 5.91 Å². The number of para-hydroxylation sites is 1. The van der Waals surface area contributed by atoms with Gasteiger partial charge in [0.1, 0.15) is 0 Å². The Balaban J connectivity index is 1.57. The van der Waals surface area contributed by atoms with Gasteiger partial charge in [0.05, 0.1) is 17.9 Å². The van der Waals surface area contributed by atoms with Gasteiger partial charge in [-0.15, -0.1) is 5.10 Å². The Bertz CT molecular complexity index is 1090. The van der Waals surface area contributed by atoms with Gasteiger partial charge in [-0.3, -0.25) is 4.79 Å². The van der Waals surface area contributed by atoms with Crippen molar-refractivity contribution < 1.29 is 4.79 Å². The van der Waals surface area contributed by atoms with E-state index in [-0.39, 0.29) is 11.8 Å². The highest BCUT2D eigenvalue weighted by Crippen LogP contribution is 2.22. The number of hydrogen-bond donors (Lipinski definition) is 2. The SMILES string of the molecule is Cc1ccc(-n2nnc(C(=O)NCc3cc4ccccc4[nH]3)c2C(C)C)cc1. The van der Waals surface area contributed by atoms with Crippen molar-refractivity contribution in [1.82, 2.24) is 25.3 Å². The summed E-state index contributed by atoms with van der Waals surface area (Å²) < 4.78 is 1.75. The molecule has 28 heavy (non-hydrogen) atoms. The number of nitrogens with one attached hydrogen (secondary N) is 2. The molecule has 4 rings (SSSR count). The Morgan fingerprint density at radius 2 is 1.89 bits per heavy atom. The third-order valence-electron chi connectivity index (χ3n) is 4.77. The molecule has 6 nitrogen and oxygen atoms in total. The van der Waals surface area contributed by atoms with Gasteiger partial charge in [-0.25, -0.2) is 4.68 Å². The average Bonchev–Trinajstić information content (AvgIpc) is 3.31. The lowest BCUT2D eigenvalue weighted by atomic mass is 10.1. The molecular weight excluding hydrogens is 350 g/mol. The van der Waals surface area contributed by atoms with Gasteiger partial charge in [0.2, 0.25) is 0 Å². The van der Waals surface area contributed by atoms with Crippen molar-refractivity contribution >= 4 is 16.8 Å². The number of rotatable bonds is 5. The number of carbonyl (C=O) groups is 1. The minimum absolute atomic E-state index is 0.102. The molecule has 2 N–H and O–H groups in total. The van der Waals surface area contributed by atoms with E-state index in [9.17, 15) is 4.79 Å². The molecule has 0 unspecified atom stereocenters. The first-order valence-corrected chi connectivity index (χ1v) is 9.40. The number of amides is 1. The second-order valence-electron chi connectivity index (χ2n) is 7.29. The predicted octanol–water partition coefficient (Wildman–Crippen LogP) is 4.11. The highest BCUT2D eigenvalue weighted by Gasteiger charge is 2.22. The lowest BCUT2D eigenvalue weighted by molar-refractivity contribution is 0.0944. The molecule has 0 bridgehead atoms. The quantitative estimate of drug-likeness (QED) is 0.553. The molecule has 0 atom stereocenters. The summed E-state index contributed by atoms with van der Waals surface area (Å²) in [5.41, 5.74) is 5.25. The number of fused-ring (bicyclic) bond motifs is 1. The molecule has 142 valence electrons. The van der Waals surface area contributed by atoms with E-state index in [1.54, 1.807) is 4.68 Å². The van der Waals surface area contributed by atoms with E-state index >= 15 is 0 Å². The van der Waals surface area contributed by atoms with Crippen LogP contribution in [0.4, 0.5) is 0 Å². The lowest BCUT2D eigenvalue weighted by Gasteiger charge is -2.11. The number of H-pyrrole nitrogens is 1. The van der Waals surface area contributed by atoms with Crippen molar-refractivity contribution in [3.8, 4) is 5.69 Å². The van der Waals surface area contributed by atoms with E-state index in [2.05, 4.69) is 20.6 Å². The third-order valence-corrected chi connectivity index (χ3v) is 4.77. The minimum atomic E-state index is -0.222. The molecule has 2 aromatic carbocycles. The Morgan fingerprint density at radius 1 is 1.14 bits per heavy atom. The van der Waals surface area contributed by atoms with Crippen LogP contribution in [0.15, 0.2) is 54.6 Å². The number of aryl methyl sites for hydroxylation is 1. The fraction of sp³-hybridized carbons (Fsp3) is 0.227. The number of hydrogen-bond acceptors (Lipinski definition) is 3. The fourth-order valence-corrected chi connectivity index (χ4v) is 3.33. The summed E-state index contributed by atoms with van der Waals surface area (Å²) >= 11 is 0. The Kier molecular flexibility index (Phi) is 4.69. The number of nitrogens with zero attached hydrogens (tertiary/aromatic N) is 3. The van der Waals surface area contributed by atoms with E-state index in [0.29, 0.717) is 12.2 Å². The fourth-order valence-electron chi connectivity index (χ4n) is 3.33. The molecule has 2 aromatic heterocycles. The van der Waals surface area contributed by atoms with E-state index in [1.807, 2.05) is 75.4 Å². The smallest absolute Gasteiger partial charge is 0.274 e. The first kappa shape index (κ1) is 18.0. The first-order valence-electron chi connectivity index (χ1n) is 9.40. The standard InChI is InChI=1S/C22H23N5O/c1-14(2)21-20(25-26-27(21)18-10-8-15(3)9-11-18)22(28)23-13-17-12-16-6-4-5-7-19(16)24-17/h4-12,14,24H,13H2,1-3H3,(H,23,28).